The number of carbonyl (C=O) groups excluding carboxylic acids is 1. The van der Waals surface area contributed by atoms with E-state index in [-0.39, 0.29) is 5.69 Å². The van der Waals surface area contributed by atoms with Gasteiger partial charge in [0.15, 0.2) is 17.2 Å². The van der Waals surface area contributed by atoms with Crippen LogP contribution in [0.15, 0.2) is 54.6 Å². The SMILES string of the molecule is Cc1cc(C(=O)Oc2ccc3c(c2)OCCO3)nn1-c1ccccc1. The summed E-state index contributed by atoms with van der Waals surface area (Å²) in [6.45, 7) is 2.88. The van der Waals surface area contributed by atoms with Crippen molar-refractivity contribution in [2.24, 2.45) is 0 Å². The Morgan fingerprint density at radius 1 is 1.04 bits per heavy atom. The molecular formula is C19H16N2O4. The van der Waals surface area contributed by atoms with Crippen LogP contribution >= 0.6 is 0 Å². The predicted molar refractivity (Wildman–Crippen MR) is 90.7 cm³/mol. The summed E-state index contributed by atoms with van der Waals surface area (Å²) in [6, 6.07) is 16.4. The van der Waals surface area contributed by atoms with E-state index in [0.29, 0.717) is 30.5 Å². The lowest BCUT2D eigenvalue weighted by molar-refractivity contribution is 0.0726. The van der Waals surface area contributed by atoms with Gasteiger partial charge in [-0.05, 0) is 37.3 Å². The van der Waals surface area contributed by atoms with Gasteiger partial charge in [0.1, 0.15) is 19.0 Å². The van der Waals surface area contributed by atoms with Gasteiger partial charge in [0.05, 0.1) is 5.69 Å². The summed E-state index contributed by atoms with van der Waals surface area (Å²) in [5, 5.41) is 4.35. The number of fused-ring (bicyclic) bond motifs is 1. The maximum absolute atomic E-state index is 12.4. The Kier molecular flexibility index (Phi) is 3.85. The summed E-state index contributed by atoms with van der Waals surface area (Å²) in [6.07, 6.45) is 0. The first kappa shape index (κ1) is 15.3. The van der Waals surface area contributed by atoms with Gasteiger partial charge >= 0.3 is 5.97 Å². The molecule has 0 aliphatic carbocycles. The van der Waals surface area contributed by atoms with E-state index in [9.17, 15) is 4.79 Å². The number of hydrogen-bond acceptors (Lipinski definition) is 5. The number of hydrogen-bond donors (Lipinski definition) is 0. The van der Waals surface area contributed by atoms with E-state index in [1.165, 1.54) is 0 Å². The average molecular weight is 336 g/mol. The Hall–Kier alpha value is -3.28. The van der Waals surface area contributed by atoms with Crippen LogP contribution in [0.4, 0.5) is 0 Å². The molecule has 0 bridgehead atoms. The maximum Gasteiger partial charge on any atom is 0.364 e. The minimum absolute atomic E-state index is 0.247. The molecule has 0 atom stereocenters. The van der Waals surface area contributed by atoms with E-state index >= 15 is 0 Å². The van der Waals surface area contributed by atoms with Crippen molar-refractivity contribution in [2.75, 3.05) is 13.2 Å². The fourth-order valence-electron chi connectivity index (χ4n) is 2.65. The van der Waals surface area contributed by atoms with E-state index in [0.717, 1.165) is 11.4 Å². The first-order chi connectivity index (χ1) is 12.2. The van der Waals surface area contributed by atoms with Crippen LogP contribution in [0, 0.1) is 6.92 Å². The van der Waals surface area contributed by atoms with Crippen LogP contribution in [0.1, 0.15) is 16.2 Å². The third kappa shape index (κ3) is 3.06. The number of para-hydroxylation sites is 1. The Bertz CT molecular complexity index is 918. The Morgan fingerprint density at radius 3 is 2.60 bits per heavy atom. The molecule has 0 fully saturated rings. The van der Waals surface area contributed by atoms with Gasteiger partial charge in [0.25, 0.3) is 0 Å². The monoisotopic (exact) mass is 336 g/mol. The standard InChI is InChI=1S/C19H16N2O4/c1-13-11-16(20-21(13)14-5-3-2-4-6-14)19(22)25-15-7-8-17-18(12-15)24-10-9-23-17/h2-8,11-12H,9-10H2,1H3. The number of benzene rings is 2. The molecule has 1 aromatic heterocycles. The van der Waals surface area contributed by atoms with Crippen molar-refractivity contribution in [3.63, 3.8) is 0 Å². The fraction of sp³-hybridized carbons (Fsp3) is 0.158. The molecule has 2 heterocycles. The van der Waals surface area contributed by atoms with Crippen molar-refractivity contribution < 1.29 is 19.0 Å². The number of aryl methyl sites for hydroxylation is 1. The van der Waals surface area contributed by atoms with Gasteiger partial charge in [-0.15, -0.1) is 0 Å². The lowest BCUT2D eigenvalue weighted by Crippen LogP contribution is -2.15. The van der Waals surface area contributed by atoms with Crippen LogP contribution in [-0.4, -0.2) is 29.0 Å². The first-order valence-electron chi connectivity index (χ1n) is 7.94. The summed E-state index contributed by atoms with van der Waals surface area (Å²) < 4.78 is 18.1. The third-order valence-corrected chi connectivity index (χ3v) is 3.82. The van der Waals surface area contributed by atoms with Crippen molar-refractivity contribution in [3.05, 3.63) is 66.0 Å². The van der Waals surface area contributed by atoms with Crippen molar-refractivity contribution in [3.8, 4) is 22.9 Å². The topological polar surface area (TPSA) is 62.6 Å². The molecule has 0 amide bonds. The van der Waals surface area contributed by atoms with Crippen LogP contribution in [0.2, 0.25) is 0 Å². The van der Waals surface area contributed by atoms with Gasteiger partial charge in [-0.1, -0.05) is 18.2 Å². The highest BCUT2D eigenvalue weighted by Crippen LogP contribution is 2.33. The maximum atomic E-state index is 12.4. The number of nitrogens with zero attached hydrogens (tertiary/aromatic N) is 2. The quantitative estimate of drug-likeness (QED) is 0.543. The van der Waals surface area contributed by atoms with Gasteiger partial charge in [0, 0.05) is 11.8 Å². The molecule has 1 aliphatic heterocycles. The summed E-state index contributed by atoms with van der Waals surface area (Å²) in [4.78, 5) is 12.4. The van der Waals surface area contributed by atoms with Gasteiger partial charge in [-0.25, -0.2) is 9.48 Å². The lowest BCUT2D eigenvalue weighted by Gasteiger charge is -2.18. The number of esters is 1. The van der Waals surface area contributed by atoms with Crippen LogP contribution in [0.5, 0.6) is 17.2 Å². The predicted octanol–water partition coefficient (Wildman–Crippen LogP) is 3.17. The van der Waals surface area contributed by atoms with E-state index in [4.69, 9.17) is 14.2 Å². The second-order valence-corrected chi connectivity index (χ2v) is 5.61. The van der Waals surface area contributed by atoms with Crippen LogP contribution in [-0.2, 0) is 0 Å². The molecule has 0 saturated carbocycles. The van der Waals surface area contributed by atoms with Crippen molar-refractivity contribution in [2.45, 2.75) is 6.92 Å². The number of aromatic nitrogens is 2. The molecule has 0 radical (unpaired) electrons. The summed E-state index contributed by atoms with van der Waals surface area (Å²) >= 11 is 0. The van der Waals surface area contributed by atoms with Crippen molar-refractivity contribution >= 4 is 5.97 Å². The molecule has 0 N–H and O–H groups in total. The Morgan fingerprint density at radius 2 is 1.80 bits per heavy atom. The van der Waals surface area contributed by atoms with E-state index < -0.39 is 5.97 Å². The number of carbonyl (C=O) groups is 1. The minimum atomic E-state index is -0.519. The van der Waals surface area contributed by atoms with Crippen LogP contribution in [0.25, 0.3) is 5.69 Å². The Labute approximate surface area is 144 Å². The molecule has 2 aromatic carbocycles. The lowest BCUT2D eigenvalue weighted by atomic mass is 10.3. The zero-order chi connectivity index (χ0) is 17.2. The summed E-state index contributed by atoms with van der Waals surface area (Å²) in [5.41, 5.74) is 1.98. The molecule has 0 spiro atoms. The van der Waals surface area contributed by atoms with Gasteiger partial charge in [-0.2, -0.15) is 5.10 Å². The van der Waals surface area contributed by atoms with E-state index in [1.54, 1.807) is 28.9 Å². The molecule has 4 rings (SSSR count). The average Bonchev–Trinajstić information content (AvgIpc) is 3.04. The molecule has 126 valence electrons. The van der Waals surface area contributed by atoms with Crippen molar-refractivity contribution in [1.29, 1.82) is 0 Å². The van der Waals surface area contributed by atoms with Crippen LogP contribution in [0.3, 0.4) is 0 Å². The zero-order valence-electron chi connectivity index (χ0n) is 13.6. The Balaban J connectivity index is 1.56. The molecule has 1 aliphatic rings. The highest BCUT2D eigenvalue weighted by Gasteiger charge is 2.18. The highest BCUT2D eigenvalue weighted by molar-refractivity contribution is 5.89. The zero-order valence-corrected chi connectivity index (χ0v) is 13.6. The fourth-order valence-corrected chi connectivity index (χ4v) is 2.65. The third-order valence-electron chi connectivity index (χ3n) is 3.82. The number of rotatable bonds is 3. The molecule has 0 saturated heterocycles. The highest BCUT2D eigenvalue weighted by atomic mass is 16.6. The van der Waals surface area contributed by atoms with Gasteiger partial charge in [-0.3, -0.25) is 0 Å². The van der Waals surface area contributed by atoms with Gasteiger partial charge < -0.3 is 14.2 Å². The van der Waals surface area contributed by atoms with Gasteiger partial charge in [0.2, 0.25) is 0 Å². The van der Waals surface area contributed by atoms with E-state index in [1.807, 2.05) is 37.3 Å². The van der Waals surface area contributed by atoms with Crippen LogP contribution < -0.4 is 14.2 Å². The molecule has 0 unspecified atom stereocenters. The summed E-state index contributed by atoms with van der Waals surface area (Å²) in [5.74, 6) is 1.09. The molecule has 6 nitrogen and oxygen atoms in total. The first-order valence-corrected chi connectivity index (χ1v) is 7.94. The molecule has 3 aromatic rings. The smallest absolute Gasteiger partial charge is 0.364 e. The molecule has 25 heavy (non-hydrogen) atoms. The number of ether oxygens (including phenoxy) is 3. The van der Waals surface area contributed by atoms with Crippen molar-refractivity contribution in [1.82, 2.24) is 9.78 Å². The summed E-state index contributed by atoms with van der Waals surface area (Å²) in [7, 11) is 0. The van der Waals surface area contributed by atoms with E-state index in [2.05, 4.69) is 5.10 Å². The second-order valence-electron chi connectivity index (χ2n) is 5.61. The normalized spacial score (nSPS) is 12.7. The second kappa shape index (κ2) is 6.32. The largest absolute Gasteiger partial charge is 0.486 e. The minimum Gasteiger partial charge on any atom is -0.486 e. The molecular weight excluding hydrogens is 320 g/mol. The molecule has 6 heteroatoms.